The fourth-order valence-corrected chi connectivity index (χ4v) is 1.86. The number of nitrogen functional groups attached to an aromatic ring is 1. The molecule has 1 aromatic carbocycles. The number of nitrogens with two attached hydrogens (primary N) is 1. The minimum atomic E-state index is 0.253. The summed E-state index contributed by atoms with van der Waals surface area (Å²) in [5, 5.41) is 0. The Balaban J connectivity index is 2.02. The van der Waals surface area contributed by atoms with Gasteiger partial charge in [-0.05, 0) is 37.5 Å². The highest BCUT2D eigenvalue weighted by atomic mass is 79.9. The van der Waals surface area contributed by atoms with Gasteiger partial charge in [0.2, 0.25) is 0 Å². The van der Waals surface area contributed by atoms with Crippen LogP contribution in [0.3, 0.4) is 0 Å². The molecule has 2 aromatic rings. The first-order valence-corrected chi connectivity index (χ1v) is 5.90. The summed E-state index contributed by atoms with van der Waals surface area (Å²) >= 11 is 3.41. The van der Waals surface area contributed by atoms with Crippen LogP contribution in [0.15, 0.2) is 33.2 Å². The normalized spacial score (nSPS) is 10.6. The Morgan fingerprint density at radius 2 is 1.94 bits per heavy atom. The first-order valence-electron chi connectivity index (χ1n) is 5.11. The van der Waals surface area contributed by atoms with Crippen LogP contribution in [0, 0.1) is 6.92 Å². The van der Waals surface area contributed by atoms with Crippen molar-refractivity contribution in [1.82, 2.24) is 4.98 Å². The topological polar surface area (TPSA) is 52.0 Å². The maximum absolute atomic E-state index is 5.48. The Morgan fingerprint density at radius 3 is 2.50 bits per heavy atom. The predicted molar refractivity (Wildman–Crippen MR) is 67.2 cm³/mol. The lowest BCUT2D eigenvalue weighted by Gasteiger charge is -1.99. The second-order valence-corrected chi connectivity index (χ2v) is 4.60. The zero-order chi connectivity index (χ0) is 11.5. The van der Waals surface area contributed by atoms with Crippen LogP contribution in [-0.2, 0) is 12.8 Å². The number of anilines is 1. The van der Waals surface area contributed by atoms with Crippen molar-refractivity contribution in [3.05, 3.63) is 45.8 Å². The van der Waals surface area contributed by atoms with Gasteiger partial charge in [-0.1, -0.05) is 28.1 Å². The van der Waals surface area contributed by atoms with E-state index in [1.807, 2.05) is 19.1 Å². The van der Waals surface area contributed by atoms with E-state index < -0.39 is 0 Å². The van der Waals surface area contributed by atoms with Crippen LogP contribution in [0.4, 0.5) is 6.01 Å². The molecule has 0 radical (unpaired) electrons. The first-order chi connectivity index (χ1) is 7.65. The lowest BCUT2D eigenvalue weighted by atomic mass is 10.1. The molecular weight excluding hydrogens is 268 g/mol. The van der Waals surface area contributed by atoms with Gasteiger partial charge in [-0.2, -0.15) is 4.98 Å². The van der Waals surface area contributed by atoms with Crippen LogP contribution in [0.2, 0.25) is 0 Å². The SMILES string of the molecule is Cc1oc(N)nc1CCc1ccc(Br)cc1. The van der Waals surface area contributed by atoms with E-state index in [4.69, 9.17) is 10.2 Å². The molecule has 1 aromatic heterocycles. The maximum Gasteiger partial charge on any atom is 0.292 e. The molecular formula is C12H13BrN2O. The van der Waals surface area contributed by atoms with E-state index in [2.05, 4.69) is 33.0 Å². The minimum absolute atomic E-state index is 0.253. The number of rotatable bonds is 3. The maximum atomic E-state index is 5.48. The smallest absolute Gasteiger partial charge is 0.292 e. The van der Waals surface area contributed by atoms with Crippen LogP contribution in [0.1, 0.15) is 17.0 Å². The molecule has 0 aliphatic rings. The van der Waals surface area contributed by atoms with Crippen LogP contribution in [-0.4, -0.2) is 4.98 Å². The minimum Gasteiger partial charge on any atom is -0.429 e. The summed E-state index contributed by atoms with van der Waals surface area (Å²) in [5.41, 5.74) is 7.71. The Bertz CT molecular complexity index is 476. The summed E-state index contributed by atoms with van der Waals surface area (Å²) in [6.07, 6.45) is 1.80. The van der Waals surface area contributed by atoms with Crippen molar-refractivity contribution in [3.8, 4) is 0 Å². The third kappa shape index (κ3) is 2.64. The van der Waals surface area contributed by atoms with E-state index in [0.717, 1.165) is 28.8 Å². The summed E-state index contributed by atoms with van der Waals surface area (Å²) in [5.74, 6) is 0.814. The van der Waals surface area contributed by atoms with Gasteiger partial charge in [0.1, 0.15) is 5.76 Å². The summed E-state index contributed by atoms with van der Waals surface area (Å²) in [6, 6.07) is 8.54. The predicted octanol–water partition coefficient (Wildman–Crippen LogP) is 3.11. The molecule has 0 fully saturated rings. The fourth-order valence-electron chi connectivity index (χ4n) is 1.60. The Hall–Kier alpha value is -1.29. The van der Waals surface area contributed by atoms with Crippen LogP contribution in [0.25, 0.3) is 0 Å². The second-order valence-electron chi connectivity index (χ2n) is 3.68. The van der Waals surface area contributed by atoms with E-state index in [0.29, 0.717) is 0 Å². The fraction of sp³-hybridized carbons (Fsp3) is 0.250. The molecule has 0 bridgehead atoms. The Morgan fingerprint density at radius 1 is 1.25 bits per heavy atom. The second kappa shape index (κ2) is 4.70. The van der Waals surface area contributed by atoms with Crippen LogP contribution in [0.5, 0.6) is 0 Å². The van der Waals surface area contributed by atoms with Crippen molar-refractivity contribution in [2.24, 2.45) is 0 Å². The third-order valence-corrected chi connectivity index (χ3v) is 3.00. The molecule has 4 heteroatoms. The lowest BCUT2D eigenvalue weighted by molar-refractivity contribution is 0.544. The van der Waals surface area contributed by atoms with Crippen molar-refractivity contribution in [3.63, 3.8) is 0 Å². The van der Waals surface area contributed by atoms with Crippen LogP contribution < -0.4 is 5.73 Å². The highest BCUT2D eigenvalue weighted by molar-refractivity contribution is 9.10. The van der Waals surface area contributed by atoms with Crippen LogP contribution >= 0.6 is 15.9 Å². The number of oxazole rings is 1. The number of benzene rings is 1. The van der Waals surface area contributed by atoms with E-state index in [9.17, 15) is 0 Å². The number of hydrogen-bond donors (Lipinski definition) is 1. The molecule has 0 amide bonds. The molecule has 0 saturated carbocycles. The van der Waals surface area contributed by atoms with Crippen molar-refractivity contribution in [1.29, 1.82) is 0 Å². The molecule has 0 aliphatic heterocycles. The number of hydrogen-bond acceptors (Lipinski definition) is 3. The molecule has 0 saturated heterocycles. The molecule has 1 heterocycles. The van der Waals surface area contributed by atoms with Crippen molar-refractivity contribution >= 4 is 21.9 Å². The summed E-state index contributed by atoms with van der Waals surface area (Å²) < 4.78 is 6.28. The van der Waals surface area contributed by atoms with Crippen molar-refractivity contribution < 1.29 is 4.42 Å². The van der Waals surface area contributed by atoms with E-state index in [-0.39, 0.29) is 6.01 Å². The van der Waals surface area contributed by atoms with Gasteiger partial charge in [-0.3, -0.25) is 0 Å². The highest BCUT2D eigenvalue weighted by Gasteiger charge is 2.06. The third-order valence-electron chi connectivity index (χ3n) is 2.47. The average Bonchev–Trinajstić information content (AvgIpc) is 2.57. The van der Waals surface area contributed by atoms with E-state index >= 15 is 0 Å². The van der Waals surface area contributed by atoms with Gasteiger partial charge in [0, 0.05) is 4.47 Å². The standard InChI is InChI=1S/C12H13BrN2O/c1-8-11(15-12(14)16-8)7-4-9-2-5-10(13)6-3-9/h2-3,5-6H,4,7H2,1H3,(H2,14,15). The largest absolute Gasteiger partial charge is 0.429 e. The highest BCUT2D eigenvalue weighted by Crippen LogP contribution is 2.15. The van der Waals surface area contributed by atoms with E-state index in [1.54, 1.807) is 0 Å². The molecule has 2 N–H and O–H groups in total. The van der Waals surface area contributed by atoms with Gasteiger partial charge in [-0.25, -0.2) is 0 Å². The summed E-state index contributed by atoms with van der Waals surface area (Å²) in [7, 11) is 0. The number of aryl methyl sites for hydroxylation is 3. The Labute approximate surface area is 103 Å². The molecule has 0 aliphatic carbocycles. The molecule has 0 spiro atoms. The molecule has 84 valence electrons. The van der Waals surface area contributed by atoms with Gasteiger partial charge < -0.3 is 10.2 Å². The molecule has 3 nitrogen and oxygen atoms in total. The quantitative estimate of drug-likeness (QED) is 0.940. The summed E-state index contributed by atoms with van der Waals surface area (Å²) in [6.45, 7) is 1.89. The molecule has 0 unspecified atom stereocenters. The van der Waals surface area contributed by atoms with Crippen molar-refractivity contribution in [2.45, 2.75) is 19.8 Å². The zero-order valence-electron chi connectivity index (χ0n) is 9.03. The van der Waals surface area contributed by atoms with Gasteiger partial charge >= 0.3 is 0 Å². The number of aromatic nitrogens is 1. The molecule has 2 rings (SSSR count). The lowest BCUT2D eigenvalue weighted by Crippen LogP contribution is -1.94. The Kier molecular flexibility index (Phi) is 3.29. The number of halogens is 1. The monoisotopic (exact) mass is 280 g/mol. The van der Waals surface area contributed by atoms with Gasteiger partial charge in [0.25, 0.3) is 6.01 Å². The number of nitrogens with zero attached hydrogens (tertiary/aromatic N) is 1. The summed E-state index contributed by atoms with van der Waals surface area (Å²) in [4.78, 5) is 4.14. The van der Waals surface area contributed by atoms with Gasteiger partial charge in [-0.15, -0.1) is 0 Å². The van der Waals surface area contributed by atoms with Crippen molar-refractivity contribution in [2.75, 3.05) is 5.73 Å². The van der Waals surface area contributed by atoms with Gasteiger partial charge in [0.05, 0.1) is 5.69 Å². The molecule has 16 heavy (non-hydrogen) atoms. The van der Waals surface area contributed by atoms with Gasteiger partial charge in [0.15, 0.2) is 0 Å². The average molecular weight is 281 g/mol. The van der Waals surface area contributed by atoms with E-state index in [1.165, 1.54) is 5.56 Å². The first kappa shape index (κ1) is 11.2. The molecule has 0 atom stereocenters. The zero-order valence-corrected chi connectivity index (χ0v) is 10.6.